The molecule has 4 rings (SSSR count). The summed E-state index contributed by atoms with van der Waals surface area (Å²) >= 11 is 0. The van der Waals surface area contributed by atoms with Crippen LogP contribution in [0.25, 0.3) is 34.2 Å². The van der Waals surface area contributed by atoms with Gasteiger partial charge in [-0.3, -0.25) is 4.79 Å². The molecule has 0 N–H and O–H groups in total. The van der Waals surface area contributed by atoms with Gasteiger partial charge in [-0.2, -0.15) is 4.98 Å². The third kappa shape index (κ3) is 2.63. The average Bonchev–Trinajstić information content (AvgIpc) is 3.32. The van der Waals surface area contributed by atoms with Crippen molar-refractivity contribution in [1.82, 2.24) is 10.1 Å². The Balaban J connectivity index is 1.69. The monoisotopic (exact) mass is 316 g/mol. The number of benzene rings is 2. The molecule has 4 aromatic rings. The number of aromatic nitrogens is 2. The molecule has 0 aliphatic rings. The van der Waals surface area contributed by atoms with Crippen molar-refractivity contribution in [1.29, 1.82) is 0 Å². The minimum Gasteiger partial charge on any atom is -0.453 e. The van der Waals surface area contributed by atoms with E-state index in [4.69, 9.17) is 8.94 Å². The van der Waals surface area contributed by atoms with Gasteiger partial charge in [-0.15, -0.1) is 0 Å². The molecule has 0 aliphatic carbocycles. The first-order valence-corrected chi connectivity index (χ1v) is 7.38. The normalized spacial score (nSPS) is 10.7. The van der Waals surface area contributed by atoms with E-state index in [-0.39, 0.29) is 0 Å². The van der Waals surface area contributed by atoms with Crippen LogP contribution in [0.1, 0.15) is 10.6 Å². The van der Waals surface area contributed by atoms with E-state index in [9.17, 15) is 4.79 Å². The van der Waals surface area contributed by atoms with E-state index < -0.39 is 0 Å². The Bertz CT molecular complexity index is 987. The van der Waals surface area contributed by atoms with Crippen molar-refractivity contribution >= 4 is 6.29 Å². The Morgan fingerprint density at radius 2 is 1.62 bits per heavy atom. The van der Waals surface area contributed by atoms with Gasteiger partial charge in [0.25, 0.3) is 5.89 Å². The van der Waals surface area contributed by atoms with Gasteiger partial charge in [0.1, 0.15) is 5.76 Å². The number of carbonyl (C=O) groups excluding carboxylic acids is 1. The van der Waals surface area contributed by atoms with Gasteiger partial charge in [0.15, 0.2) is 12.0 Å². The number of aldehydes is 1. The van der Waals surface area contributed by atoms with E-state index in [0.717, 1.165) is 16.7 Å². The van der Waals surface area contributed by atoms with E-state index >= 15 is 0 Å². The van der Waals surface area contributed by atoms with Gasteiger partial charge < -0.3 is 8.94 Å². The maximum absolute atomic E-state index is 10.8. The lowest BCUT2D eigenvalue weighted by Gasteiger charge is -1.99. The van der Waals surface area contributed by atoms with Gasteiger partial charge in [-0.05, 0) is 24.3 Å². The quantitative estimate of drug-likeness (QED) is 0.519. The maximum atomic E-state index is 10.8. The number of hydrogen-bond donors (Lipinski definition) is 0. The first-order valence-electron chi connectivity index (χ1n) is 7.38. The molecule has 2 aromatic carbocycles. The second kappa shape index (κ2) is 5.96. The number of rotatable bonds is 4. The zero-order valence-electron chi connectivity index (χ0n) is 12.5. The Labute approximate surface area is 137 Å². The highest BCUT2D eigenvalue weighted by Crippen LogP contribution is 2.28. The van der Waals surface area contributed by atoms with E-state index in [2.05, 4.69) is 10.1 Å². The third-order valence-electron chi connectivity index (χ3n) is 3.59. The van der Waals surface area contributed by atoms with Crippen LogP contribution < -0.4 is 0 Å². The Kier molecular flexibility index (Phi) is 3.51. The van der Waals surface area contributed by atoms with E-state index in [1.807, 2.05) is 54.6 Å². The van der Waals surface area contributed by atoms with Crippen LogP contribution in [0, 0.1) is 0 Å². The highest BCUT2D eigenvalue weighted by molar-refractivity contribution is 5.74. The fourth-order valence-electron chi connectivity index (χ4n) is 2.42. The molecule has 0 radical (unpaired) electrons. The zero-order valence-corrected chi connectivity index (χ0v) is 12.5. The summed E-state index contributed by atoms with van der Waals surface area (Å²) in [6.07, 6.45) is 0.678. The zero-order chi connectivity index (χ0) is 16.4. The standard InChI is InChI=1S/C19H12N2O3/c22-12-16-9-10-17(23-16)14-7-4-8-15(11-14)19-20-18(21-24-19)13-5-2-1-3-6-13/h1-12H. The highest BCUT2D eigenvalue weighted by Gasteiger charge is 2.12. The number of furan rings is 1. The van der Waals surface area contributed by atoms with Crippen molar-refractivity contribution in [2.24, 2.45) is 0 Å². The molecule has 0 spiro atoms. The molecule has 0 atom stereocenters. The molecule has 24 heavy (non-hydrogen) atoms. The van der Waals surface area contributed by atoms with Crippen molar-refractivity contribution in [3.05, 3.63) is 72.5 Å². The van der Waals surface area contributed by atoms with Crippen LogP contribution >= 0.6 is 0 Å². The minimum absolute atomic E-state index is 0.291. The summed E-state index contributed by atoms with van der Waals surface area (Å²) in [6.45, 7) is 0. The summed E-state index contributed by atoms with van der Waals surface area (Å²) in [5.41, 5.74) is 2.51. The maximum Gasteiger partial charge on any atom is 0.258 e. The topological polar surface area (TPSA) is 69.1 Å². The van der Waals surface area contributed by atoms with E-state index in [1.54, 1.807) is 12.1 Å². The number of hydrogen-bond acceptors (Lipinski definition) is 5. The molecule has 0 saturated heterocycles. The fraction of sp³-hybridized carbons (Fsp3) is 0. The smallest absolute Gasteiger partial charge is 0.258 e. The van der Waals surface area contributed by atoms with Crippen molar-refractivity contribution < 1.29 is 13.7 Å². The van der Waals surface area contributed by atoms with Crippen LogP contribution in [-0.2, 0) is 0 Å². The van der Waals surface area contributed by atoms with Crippen LogP contribution in [-0.4, -0.2) is 16.4 Å². The van der Waals surface area contributed by atoms with Gasteiger partial charge in [0.05, 0.1) is 0 Å². The van der Waals surface area contributed by atoms with Crippen LogP contribution in [0.2, 0.25) is 0 Å². The summed E-state index contributed by atoms with van der Waals surface area (Å²) < 4.78 is 10.8. The van der Waals surface area contributed by atoms with E-state index in [1.165, 1.54) is 0 Å². The SMILES string of the molecule is O=Cc1ccc(-c2cccc(-c3nc(-c4ccccc4)no3)c2)o1. The molecule has 0 unspecified atom stereocenters. The van der Waals surface area contributed by atoms with Crippen LogP contribution in [0.4, 0.5) is 0 Å². The highest BCUT2D eigenvalue weighted by atomic mass is 16.5. The molecule has 2 heterocycles. The Morgan fingerprint density at radius 3 is 2.42 bits per heavy atom. The summed E-state index contributed by atoms with van der Waals surface area (Å²) in [5.74, 6) is 1.87. The van der Waals surface area contributed by atoms with Crippen LogP contribution in [0.15, 0.2) is 75.7 Å². The molecule has 5 nitrogen and oxygen atoms in total. The lowest BCUT2D eigenvalue weighted by atomic mass is 10.1. The molecule has 0 saturated carbocycles. The van der Waals surface area contributed by atoms with Crippen molar-refractivity contribution in [2.45, 2.75) is 0 Å². The molecule has 0 amide bonds. The summed E-state index contributed by atoms with van der Waals surface area (Å²) in [5, 5.41) is 4.03. The van der Waals surface area contributed by atoms with Crippen molar-refractivity contribution in [3.8, 4) is 34.2 Å². The Hall–Kier alpha value is -3.47. The molecule has 116 valence electrons. The summed E-state index contributed by atoms with van der Waals surface area (Å²) in [7, 11) is 0. The predicted molar refractivity (Wildman–Crippen MR) is 88.3 cm³/mol. The van der Waals surface area contributed by atoms with Gasteiger partial charge in [-0.1, -0.05) is 47.6 Å². The van der Waals surface area contributed by atoms with Gasteiger partial charge >= 0.3 is 0 Å². The lowest BCUT2D eigenvalue weighted by molar-refractivity contribution is 0.110. The van der Waals surface area contributed by atoms with Gasteiger partial charge in [-0.25, -0.2) is 0 Å². The van der Waals surface area contributed by atoms with Crippen LogP contribution in [0.3, 0.4) is 0 Å². The lowest BCUT2D eigenvalue weighted by Crippen LogP contribution is -1.82. The predicted octanol–water partition coefficient (Wildman–Crippen LogP) is 4.48. The molecular weight excluding hydrogens is 304 g/mol. The fourth-order valence-corrected chi connectivity index (χ4v) is 2.42. The third-order valence-corrected chi connectivity index (χ3v) is 3.59. The summed E-state index contributed by atoms with van der Waals surface area (Å²) in [4.78, 5) is 15.2. The first-order chi connectivity index (χ1) is 11.8. The van der Waals surface area contributed by atoms with Gasteiger partial charge in [0, 0.05) is 16.7 Å². The second-order valence-corrected chi connectivity index (χ2v) is 5.19. The Morgan fingerprint density at radius 1 is 0.833 bits per heavy atom. The minimum atomic E-state index is 0.291. The molecule has 0 bridgehead atoms. The number of nitrogens with zero attached hydrogens (tertiary/aromatic N) is 2. The molecule has 0 fully saturated rings. The van der Waals surface area contributed by atoms with E-state index in [0.29, 0.717) is 29.5 Å². The first kappa shape index (κ1) is 14.1. The van der Waals surface area contributed by atoms with Crippen LogP contribution in [0.5, 0.6) is 0 Å². The second-order valence-electron chi connectivity index (χ2n) is 5.19. The summed E-state index contributed by atoms with van der Waals surface area (Å²) in [6, 6.07) is 20.6. The molecule has 0 aliphatic heterocycles. The molecule has 5 heteroatoms. The van der Waals surface area contributed by atoms with Crippen molar-refractivity contribution in [3.63, 3.8) is 0 Å². The van der Waals surface area contributed by atoms with Gasteiger partial charge in [0.2, 0.25) is 5.82 Å². The van der Waals surface area contributed by atoms with Crippen molar-refractivity contribution in [2.75, 3.05) is 0 Å². The molecule has 2 aromatic heterocycles. The molecular formula is C19H12N2O3. The number of carbonyl (C=O) groups is 1. The largest absolute Gasteiger partial charge is 0.453 e. The average molecular weight is 316 g/mol.